The standard InChI is InChI=1S/C16H16N6O2/c17-16(23)24-10-12-7-13-11(8-18-12)9-22(20-13)15-4-1-3-14(19-15)21-5-2-6-21/h1,3-4,7-9H,2,5-6,10H2,(H2,17,23). The van der Waals surface area contributed by atoms with Crippen LogP contribution >= 0.6 is 0 Å². The van der Waals surface area contributed by atoms with Crippen molar-refractivity contribution < 1.29 is 9.53 Å². The van der Waals surface area contributed by atoms with E-state index in [4.69, 9.17) is 10.5 Å². The Labute approximate surface area is 137 Å². The van der Waals surface area contributed by atoms with Gasteiger partial charge in [-0.1, -0.05) is 6.07 Å². The van der Waals surface area contributed by atoms with E-state index in [1.165, 1.54) is 6.42 Å². The van der Waals surface area contributed by atoms with E-state index in [0.29, 0.717) is 5.69 Å². The molecule has 1 amide bonds. The minimum atomic E-state index is -0.825. The third-order valence-corrected chi connectivity index (χ3v) is 3.94. The third-order valence-electron chi connectivity index (χ3n) is 3.94. The van der Waals surface area contributed by atoms with Gasteiger partial charge in [0.05, 0.1) is 11.2 Å². The largest absolute Gasteiger partial charge is 0.443 e. The molecule has 8 nitrogen and oxygen atoms in total. The van der Waals surface area contributed by atoms with Crippen LogP contribution in [0.15, 0.2) is 36.7 Å². The molecule has 0 saturated carbocycles. The Morgan fingerprint density at radius 2 is 2.12 bits per heavy atom. The lowest BCUT2D eigenvalue weighted by molar-refractivity contribution is 0.149. The Hall–Kier alpha value is -3.16. The SMILES string of the molecule is NC(=O)OCc1cc2nn(-c3cccc(N4CCC4)n3)cc2cn1. The van der Waals surface area contributed by atoms with Crippen molar-refractivity contribution in [2.45, 2.75) is 13.0 Å². The average Bonchev–Trinajstić information content (AvgIpc) is 2.95. The first kappa shape index (κ1) is 14.4. The Kier molecular flexibility index (Phi) is 3.49. The summed E-state index contributed by atoms with van der Waals surface area (Å²) < 4.78 is 6.48. The molecule has 122 valence electrons. The maximum atomic E-state index is 10.7. The second-order valence-electron chi connectivity index (χ2n) is 5.61. The molecule has 0 bridgehead atoms. The maximum Gasteiger partial charge on any atom is 0.404 e. The predicted molar refractivity (Wildman–Crippen MR) is 87.9 cm³/mol. The highest BCUT2D eigenvalue weighted by Crippen LogP contribution is 2.20. The molecule has 1 aliphatic heterocycles. The number of hydrogen-bond acceptors (Lipinski definition) is 6. The lowest BCUT2D eigenvalue weighted by Gasteiger charge is -2.32. The second kappa shape index (κ2) is 5.80. The van der Waals surface area contributed by atoms with Gasteiger partial charge in [0.15, 0.2) is 5.82 Å². The van der Waals surface area contributed by atoms with Gasteiger partial charge in [-0.15, -0.1) is 0 Å². The highest BCUT2D eigenvalue weighted by molar-refractivity contribution is 5.77. The zero-order chi connectivity index (χ0) is 16.5. The summed E-state index contributed by atoms with van der Waals surface area (Å²) >= 11 is 0. The van der Waals surface area contributed by atoms with E-state index in [1.54, 1.807) is 16.9 Å². The number of pyridine rings is 2. The molecule has 24 heavy (non-hydrogen) atoms. The Balaban J connectivity index is 1.63. The molecule has 1 aliphatic rings. The van der Waals surface area contributed by atoms with Gasteiger partial charge in [0.2, 0.25) is 0 Å². The lowest BCUT2D eigenvalue weighted by atomic mass is 10.2. The molecular weight excluding hydrogens is 308 g/mol. The highest BCUT2D eigenvalue weighted by Gasteiger charge is 2.16. The first-order valence-corrected chi connectivity index (χ1v) is 7.68. The van der Waals surface area contributed by atoms with Crippen LogP contribution in [-0.4, -0.2) is 38.9 Å². The van der Waals surface area contributed by atoms with Gasteiger partial charge in [0.1, 0.15) is 12.4 Å². The fraction of sp³-hybridized carbons (Fsp3) is 0.250. The van der Waals surface area contributed by atoms with Crippen molar-refractivity contribution in [2.24, 2.45) is 5.73 Å². The van der Waals surface area contributed by atoms with E-state index in [1.807, 2.05) is 24.4 Å². The molecule has 0 aromatic carbocycles. The molecule has 3 aromatic heterocycles. The number of nitrogens with zero attached hydrogens (tertiary/aromatic N) is 5. The summed E-state index contributed by atoms with van der Waals surface area (Å²) in [6, 6.07) is 7.67. The fourth-order valence-corrected chi connectivity index (χ4v) is 2.56. The number of rotatable bonds is 4. The zero-order valence-electron chi connectivity index (χ0n) is 12.9. The van der Waals surface area contributed by atoms with E-state index in [9.17, 15) is 4.79 Å². The molecule has 0 atom stereocenters. The number of carbonyl (C=O) groups excluding carboxylic acids is 1. The molecular formula is C16H16N6O2. The molecule has 1 saturated heterocycles. The summed E-state index contributed by atoms with van der Waals surface area (Å²) in [6.07, 6.45) is 3.95. The zero-order valence-corrected chi connectivity index (χ0v) is 12.9. The number of hydrogen-bond donors (Lipinski definition) is 1. The van der Waals surface area contributed by atoms with Gasteiger partial charge in [-0.2, -0.15) is 5.10 Å². The summed E-state index contributed by atoms with van der Waals surface area (Å²) in [4.78, 5) is 21.8. The minimum Gasteiger partial charge on any atom is -0.443 e. The number of fused-ring (bicyclic) bond motifs is 1. The first-order valence-electron chi connectivity index (χ1n) is 7.68. The van der Waals surface area contributed by atoms with Gasteiger partial charge in [0.25, 0.3) is 0 Å². The molecule has 0 unspecified atom stereocenters. The summed E-state index contributed by atoms with van der Waals surface area (Å²) in [5.74, 6) is 1.72. The molecule has 4 heterocycles. The summed E-state index contributed by atoms with van der Waals surface area (Å²) in [5.41, 5.74) is 6.31. The molecule has 0 aliphatic carbocycles. The van der Waals surface area contributed by atoms with E-state index in [-0.39, 0.29) is 6.61 Å². The number of anilines is 1. The van der Waals surface area contributed by atoms with Crippen LogP contribution in [0.5, 0.6) is 0 Å². The van der Waals surface area contributed by atoms with E-state index >= 15 is 0 Å². The van der Waals surface area contributed by atoms with Gasteiger partial charge in [-0.3, -0.25) is 4.98 Å². The minimum absolute atomic E-state index is 0.0286. The number of nitrogens with two attached hydrogens (primary N) is 1. The smallest absolute Gasteiger partial charge is 0.404 e. The summed E-state index contributed by atoms with van der Waals surface area (Å²) in [5, 5.41) is 5.42. The van der Waals surface area contributed by atoms with Crippen molar-refractivity contribution in [1.82, 2.24) is 19.7 Å². The Morgan fingerprint density at radius 3 is 2.88 bits per heavy atom. The topological polar surface area (TPSA) is 99.2 Å². The van der Waals surface area contributed by atoms with Gasteiger partial charge >= 0.3 is 6.09 Å². The van der Waals surface area contributed by atoms with Crippen LogP contribution in [-0.2, 0) is 11.3 Å². The van der Waals surface area contributed by atoms with E-state index in [0.717, 1.165) is 35.6 Å². The fourth-order valence-electron chi connectivity index (χ4n) is 2.56. The van der Waals surface area contributed by atoms with Crippen LogP contribution in [0.25, 0.3) is 16.7 Å². The van der Waals surface area contributed by atoms with Crippen molar-refractivity contribution in [2.75, 3.05) is 18.0 Å². The first-order chi connectivity index (χ1) is 11.7. The molecule has 8 heteroatoms. The maximum absolute atomic E-state index is 10.7. The summed E-state index contributed by atoms with van der Waals surface area (Å²) in [6.45, 7) is 2.12. The van der Waals surface area contributed by atoms with Gasteiger partial charge < -0.3 is 15.4 Å². The van der Waals surface area contributed by atoms with Crippen molar-refractivity contribution in [3.8, 4) is 5.82 Å². The third kappa shape index (κ3) is 2.73. The van der Waals surface area contributed by atoms with Gasteiger partial charge in [-0.05, 0) is 24.6 Å². The van der Waals surface area contributed by atoms with E-state index in [2.05, 4.69) is 20.0 Å². The monoisotopic (exact) mass is 324 g/mol. The van der Waals surface area contributed by atoms with Crippen molar-refractivity contribution in [3.05, 3.63) is 42.4 Å². The summed E-state index contributed by atoms with van der Waals surface area (Å²) in [7, 11) is 0. The van der Waals surface area contributed by atoms with Crippen LogP contribution < -0.4 is 10.6 Å². The number of carbonyl (C=O) groups is 1. The second-order valence-corrected chi connectivity index (χ2v) is 5.61. The van der Waals surface area contributed by atoms with Crippen LogP contribution in [0.2, 0.25) is 0 Å². The quantitative estimate of drug-likeness (QED) is 0.783. The van der Waals surface area contributed by atoms with Crippen molar-refractivity contribution in [1.29, 1.82) is 0 Å². The van der Waals surface area contributed by atoms with Crippen LogP contribution in [0.4, 0.5) is 10.6 Å². The predicted octanol–water partition coefficient (Wildman–Crippen LogP) is 1.62. The van der Waals surface area contributed by atoms with Crippen LogP contribution in [0.1, 0.15) is 12.1 Å². The number of amides is 1. The Morgan fingerprint density at radius 1 is 1.29 bits per heavy atom. The molecule has 0 radical (unpaired) electrons. The average molecular weight is 324 g/mol. The van der Waals surface area contributed by atoms with Crippen molar-refractivity contribution in [3.63, 3.8) is 0 Å². The van der Waals surface area contributed by atoms with Crippen LogP contribution in [0.3, 0.4) is 0 Å². The van der Waals surface area contributed by atoms with Crippen LogP contribution in [0, 0.1) is 0 Å². The number of primary amides is 1. The van der Waals surface area contributed by atoms with Gasteiger partial charge in [-0.25, -0.2) is 14.5 Å². The highest BCUT2D eigenvalue weighted by atomic mass is 16.5. The van der Waals surface area contributed by atoms with E-state index < -0.39 is 6.09 Å². The molecule has 2 N–H and O–H groups in total. The van der Waals surface area contributed by atoms with Crippen molar-refractivity contribution >= 4 is 22.8 Å². The lowest BCUT2D eigenvalue weighted by Crippen LogP contribution is -2.37. The van der Waals surface area contributed by atoms with Gasteiger partial charge in [0, 0.05) is 30.9 Å². The molecule has 3 aromatic rings. The molecule has 0 spiro atoms. The molecule has 1 fully saturated rings. The molecule has 4 rings (SSSR count). The normalized spacial score (nSPS) is 13.8. The number of ether oxygens (including phenoxy) is 1. The number of aromatic nitrogens is 4. The Bertz CT molecular complexity index is 902.